The van der Waals surface area contributed by atoms with Crippen molar-refractivity contribution in [3.63, 3.8) is 0 Å². The molecule has 0 atom stereocenters. The van der Waals surface area contributed by atoms with Gasteiger partial charge < -0.3 is 4.52 Å². The fourth-order valence-electron chi connectivity index (χ4n) is 3.56. The Morgan fingerprint density at radius 3 is 2.75 bits per heavy atom. The minimum absolute atomic E-state index is 0.101. The number of hydrogen-bond donors (Lipinski definition) is 0. The average Bonchev–Trinajstić information content (AvgIpc) is 3.37. The fourth-order valence-corrected chi connectivity index (χ4v) is 3.56. The van der Waals surface area contributed by atoms with Gasteiger partial charge in [0, 0.05) is 24.0 Å². The largest absolute Gasteiger partial charge is 0.338 e. The summed E-state index contributed by atoms with van der Waals surface area (Å²) in [4.78, 5) is 9.13. The van der Waals surface area contributed by atoms with E-state index in [2.05, 4.69) is 29.1 Å². The summed E-state index contributed by atoms with van der Waals surface area (Å²) in [7, 11) is 0. The van der Waals surface area contributed by atoms with Gasteiger partial charge in [0.2, 0.25) is 11.7 Å². The third-order valence-corrected chi connectivity index (χ3v) is 5.10. The molecular formula is C18H21N5O. The summed E-state index contributed by atoms with van der Waals surface area (Å²) >= 11 is 0. The zero-order chi connectivity index (χ0) is 16.6. The second kappa shape index (κ2) is 5.85. The number of aromatic nitrogens is 5. The van der Waals surface area contributed by atoms with Gasteiger partial charge in [-0.25, -0.2) is 9.67 Å². The van der Waals surface area contributed by atoms with E-state index in [1.165, 1.54) is 25.7 Å². The van der Waals surface area contributed by atoms with Crippen LogP contribution in [0.2, 0.25) is 0 Å². The Hall–Kier alpha value is -2.50. The Morgan fingerprint density at radius 1 is 1.17 bits per heavy atom. The van der Waals surface area contributed by atoms with Crippen molar-refractivity contribution in [1.82, 2.24) is 24.9 Å². The van der Waals surface area contributed by atoms with Gasteiger partial charge in [-0.3, -0.25) is 0 Å². The van der Waals surface area contributed by atoms with Gasteiger partial charge in [0.25, 0.3) is 0 Å². The lowest BCUT2D eigenvalue weighted by Crippen LogP contribution is -2.27. The third-order valence-electron chi connectivity index (χ3n) is 5.10. The zero-order valence-corrected chi connectivity index (χ0v) is 14.0. The van der Waals surface area contributed by atoms with Crippen molar-refractivity contribution in [2.24, 2.45) is 5.92 Å². The van der Waals surface area contributed by atoms with E-state index in [4.69, 9.17) is 9.51 Å². The molecule has 1 aliphatic rings. The molecule has 0 unspecified atom stereocenters. The molecule has 24 heavy (non-hydrogen) atoms. The van der Waals surface area contributed by atoms with E-state index in [0.29, 0.717) is 23.5 Å². The molecule has 124 valence electrons. The molecular weight excluding hydrogens is 302 g/mol. The maximum Gasteiger partial charge on any atom is 0.232 e. The van der Waals surface area contributed by atoms with Gasteiger partial charge in [0.05, 0.1) is 5.56 Å². The third kappa shape index (κ3) is 2.52. The molecule has 1 fully saturated rings. The van der Waals surface area contributed by atoms with Crippen LogP contribution in [0, 0.1) is 5.92 Å². The van der Waals surface area contributed by atoms with E-state index in [1.807, 2.05) is 24.4 Å². The minimum Gasteiger partial charge on any atom is -0.338 e. The van der Waals surface area contributed by atoms with Gasteiger partial charge in [-0.2, -0.15) is 10.1 Å². The first-order chi connectivity index (χ1) is 11.7. The van der Waals surface area contributed by atoms with Crippen LogP contribution >= 0.6 is 0 Å². The second-order valence-corrected chi connectivity index (χ2v) is 6.95. The highest BCUT2D eigenvalue weighted by atomic mass is 16.5. The molecule has 0 aromatic carbocycles. The van der Waals surface area contributed by atoms with Crippen LogP contribution in [-0.2, 0) is 5.41 Å². The Morgan fingerprint density at radius 2 is 2.00 bits per heavy atom. The molecule has 3 heterocycles. The summed E-state index contributed by atoms with van der Waals surface area (Å²) < 4.78 is 7.37. The lowest BCUT2D eigenvalue weighted by molar-refractivity contribution is 0.233. The lowest BCUT2D eigenvalue weighted by Gasteiger charge is -2.27. The minimum atomic E-state index is -0.101. The first kappa shape index (κ1) is 15.1. The lowest BCUT2D eigenvalue weighted by atomic mass is 9.77. The van der Waals surface area contributed by atoms with Gasteiger partial charge in [-0.05, 0) is 37.0 Å². The Labute approximate surface area is 140 Å². The number of nitrogens with zero attached hydrogens (tertiary/aromatic N) is 5. The summed E-state index contributed by atoms with van der Waals surface area (Å²) in [5, 5.41) is 8.49. The maximum absolute atomic E-state index is 5.65. The molecule has 4 rings (SSSR count). The smallest absolute Gasteiger partial charge is 0.232 e. The van der Waals surface area contributed by atoms with Crippen LogP contribution in [0.15, 0.2) is 41.3 Å². The predicted octanol–water partition coefficient (Wildman–Crippen LogP) is 3.79. The number of rotatable bonds is 4. The van der Waals surface area contributed by atoms with Crippen LogP contribution in [-0.4, -0.2) is 24.9 Å². The summed E-state index contributed by atoms with van der Waals surface area (Å²) in [6, 6.07) is 5.69. The van der Waals surface area contributed by atoms with E-state index in [0.717, 1.165) is 5.56 Å². The van der Waals surface area contributed by atoms with Gasteiger partial charge >= 0.3 is 0 Å². The molecule has 0 bridgehead atoms. The molecule has 0 radical (unpaired) electrons. The van der Waals surface area contributed by atoms with Crippen LogP contribution in [0.4, 0.5) is 0 Å². The van der Waals surface area contributed by atoms with Crippen molar-refractivity contribution in [3.05, 3.63) is 42.7 Å². The highest BCUT2D eigenvalue weighted by Gasteiger charge is 2.38. The molecule has 0 spiro atoms. The van der Waals surface area contributed by atoms with E-state index < -0.39 is 0 Å². The van der Waals surface area contributed by atoms with Crippen molar-refractivity contribution in [1.29, 1.82) is 0 Å². The van der Waals surface area contributed by atoms with Gasteiger partial charge in [0.1, 0.15) is 0 Å². The zero-order valence-electron chi connectivity index (χ0n) is 14.0. The summed E-state index contributed by atoms with van der Waals surface area (Å²) in [6.07, 6.45) is 10.4. The summed E-state index contributed by atoms with van der Waals surface area (Å²) in [5.41, 5.74) is 0.717. The van der Waals surface area contributed by atoms with E-state index in [1.54, 1.807) is 17.1 Å². The standard InChI is InChI=1S/C18H21N5O/c1-18(2,13-7-3-4-8-13)17-21-15(22-24-17)14-9-5-10-19-16(14)23-12-6-11-20-23/h5-6,9-13H,3-4,7-8H2,1-2H3. The van der Waals surface area contributed by atoms with Gasteiger partial charge in [-0.15, -0.1) is 0 Å². The topological polar surface area (TPSA) is 69.6 Å². The van der Waals surface area contributed by atoms with Crippen LogP contribution in [0.1, 0.15) is 45.4 Å². The van der Waals surface area contributed by atoms with Crippen LogP contribution in [0.25, 0.3) is 17.2 Å². The predicted molar refractivity (Wildman–Crippen MR) is 89.6 cm³/mol. The van der Waals surface area contributed by atoms with Gasteiger partial charge in [-0.1, -0.05) is 31.8 Å². The molecule has 0 saturated heterocycles. The molecule has 0 N–H and O–H groups in total. The molecule has 3 aromatic rings. The molecule has 1 saturated carbocycles. The molecule has 3 aromatic heterocycles. The molecule has 0 amide bonds. The highest BCUT2D eigenvalue weighted by molar-refractivity contribution is 5.63. The molecule has 6 nitrogen and oxygen atoms in total. The molecule has 0 aliphatic heterocycles. The van der Waals surface area contributed by atoms with E-state index in [-0.39, 0.29) is 5.41 Å². The molecule has 6 heteroatoms. The number of pyridine rings is 1. The van der Waals surface area contributed by atoms with Crippen molar-refractivity contribution < 1.29 is 4.52 Å². The van der Waals surface area contributed by atoms with Crippen LogP contribution in [0.5, 0.6) is 0 Å². The first-order valence-electron chi connectivity index (χ1n) is 8.46. The number of hydrogen-bond acceptors (Lipinski definition) is 5. The van der Waals surface area contributed by atoms with E-state index >= 15 is 0 Å². The molecule has 1 aliphatic carbocycles. The summed E-state index contributed by atoms with van der Waals surface area (Å²) in [6.45, 7) is 4.41. The normalized spacial score (nSPS) is 15.9. The summed E-state index contributed by atoms with van der Waals surface area (Å²) in [5.74, 6) is 2.58. The van der Waals surface area contributed by atoms with Gasteiger partial charge in [0.15, 0.2) is 5.82 Å². The van der Waals surface area contributed by atoms with Crippen LogP contribution < -0.4 is 0 Å². The first-order valence-corrected chi connectivity index (χ1v) is 8.46. The van der Waals surface area contributed by atoms with Crippen LogP contribution in [0.3, 0.4) is 0 Å². The van der Waals surface area contributed by atoms with Crippen molar-refractivity contribution in [2.45, 2.75) is 44.9 Å². The highest BCUT2D eigenvalue weighted by Crippen LogP contribution is 2.41. The second-order valence-electron chi connectivity index (χ2n) is 6.95. The maximum atomic E-state index is 5.65. The monoisotopic (exact) mass is 323 g/mol. The fraction of sp³-hybridized carbons (Fsp3) is 0.444. The Bertz CT molecular complexity index is 816. The SMILES string of the molecule is CC(C)(c1nc(-c2cccnc2-n2cccn2)no1)C1CCCC1. The average molecular weight is 323 g/mol. The van der Waals surface area contributed by atoms with E-state index in [9.17, 15) is 0 Å². The van der Waals surface area contributed by atoms with Crippen molar-refractivity contribution in [2.75, 3.05) is 0 Å². The Balaban J connectivity index is 1.71. The van der Waals surface area contributed by atoms with Crippen molar-refractivity contribution in [3.8, 4) is 17.2 Å². The quantitative estimate of drug-likeness (QED) is 0.730. The van der Waals surface area contributed by atoms with Crippen molar-refractivity contribution >= 4 is 0 Å². The Kier molecular flexibility index (Phi) is 3.67.